The summed E-state index contributed by atoms with van der Waals surface area (Å²) in [6.45, 7) is 0.491. The van der Waals surface area contributed by atoms with E-state index in [0.717, 1.165) is 17.7 Å². The highest BCUT2D eigenvalue weighted by Crippen LogP contribution is 2.32. The van der Waals surface area contributed by atoms with E-state index in [9.17, 15) is 13.6 Å². The van der Waals surface area contributed by atoms with Crippen LogP contribution in [-0.4, -0.2) is 17.7 Å². The first-order valence-corrected chi connectivity index (χ1v) is 8.42. The maximum Gasteiger partial charge on any atom is 0.253 e. The van der Waals surface area contributed by atoms with E-state index in [1.54, 1.807) is 12.1 Å². The van der Waals surface area contributed by atoms with E-state index in [1.807, 2.05) is 12.1 Å². The van der Waals surface area contributed by atoms with E-state index in [0.29, 0.717) is 35.0 Å². The fraction of sp³-hybridized carbons (Fsp3) is 0.100. The number of fused-ring (bicyclic) bond motifs is 1. The monoisotopic (exact) mass is 383 g/mol. The normalized spacial score (nSPS) is 11.9. The van der Waals surface area contributed by atoms with Crippen molar-refractivity contribution in [2.24, 2.45) is 0 Å². The summed E-state index contributed by atoms with van der Waals surface area (Å²) in [6, 6.07) is 10.5. The highest BCUT2D eigenvalue weighted by Gasteiger charge is 2.14. The van der Waals surface area contributed by atoms with Crippen LogP contribution in [0.4, 0.5) is 20.2 Å². The molecule has 0 radical (unpaired) electrons. The minimum absolute atomic E-state index is 0.189. The third-order valence-corrected chi connectivity index (χ3v) is 4.10. The first kappa shape index (κ1) is 17.7. The van der Waals surface area contributed by atoms with Crippen LogP contribution in [0.2, 0.25) is 0 Å². The van der Waals surface area contributed by atoms with Crippen LogP contribution in [0, 0.1) is 11.6 Å². The molecule has 0 saturated carbocycles. The summed E-state index contributed by atoms with van der Waals surface area (Å²) in [5.74, 6) is -0.892. The van der Waals surface area contributed by atoms with Crippen LogP contribution in [-0.2, 0) is 6.54 Å². The number of nitrogens with one attached hydrogen (secondary N) is 2. The van der Waals surface area contributed by atoms with E-state index < -0.39 is 11.6 Å². The zero-order valence-corrected chi connectivity index (χ0v) is 14.5. The molecule has 0 aliphatic carbocycles. The molecule has 0 saturated heterocycles. The SMILES string of the molecule is O=C(NCc1ccc2c(c1)OCO2)c1cncc(Nc2ccc(F)c(F)c2)c1. The standard InChI is InChI=1S/C20H15F2N3O3/c21-16-3-2-14(7-17(16)22)25-15-6-13(9-23-10-15)20(26)24-8-12-1-4-18-19(5-12)28-11-27-18/h1-7,9-10,25H,8,11H2,(H,24,26). The largest absolute Gasteiger partial charge is 0.454 e. The van der Waals surface area contributed by atoms with E-state index in [-0.39, 0.29) is 12.7 Å². The van der Waals surface area contributed by atoms with Gasteiger partial charge in [-0.2, -0.15) is 0 Å². The number of halogens is 2. The number of carbonyl (C=O) groups excluding carboxylic acids is 1. The maximum absolute atomic E-state index is 13.3. The Morgan fingerprint density at radius 3 is 2.68 bits per heavy atom. The highest BCUT2D eigenvalue weighted by molar-refractivity contribution is 5.94. The molecule has 0 fully saturated rings. The molecule has 6 nitrogen and oxygen atoms in total. The van der Waals surface area contributed by atoms with Crippen molar-refractivity contribution in [3.8, 4) is 11.5 Å². The van der Waals surface area contributed by atoms with Crippen LogP contribution < -0.4 is 20.1 Å². The third kappa shape index (κ3) is 3.85. The molecule has 1 amide bonds. The number of nitrogens with zero attached hydrogens (tertiary/aromatic N) is 1. The molecule has 1 aromatic heterocycles. The van der Waals surface area contributed by atoms with Gasteiger partial charge in [0.1, 0.15) is 0 Å². The topological polar surface area (TPSA) is 72.5 Å². The highest BCUT2D eigenvalue weighted by atomic mass is 19.2. The lowest BCUT2D eigenvalue weighted by Crippen LogP contribution is -2.23. The van der Waals surface area contributed by atoms with Crippen molar-refractivity contribution in [2.45, 2.75) is 6.54 Å². The molecule has 0 atom stereocenters. The van der Waals surface area contributed by atoms with E-state index in [2.05, 4.69) is 15.6 Å². The van der Waals surface area contributed by atoms with Crippen molar-refractivity contribution >= 4 is 17.3 Å². The fourth-order valence-corrected chi connectivity index (χ4v) is 2.71. The van der Waals surface area contributed by atoms with E-state index in [1.165, 1.54) is 18.5 Å². The van der Waals surface area contributed by atoms with Crippen LogP contribution >= 0.6 is 0 Å². The number of anilines is 2. The van der Waals surface area contributed by atoms with Gasteiger partial charge in [0.15, 0.2) is 23.1 Å². The second-order valence-electron chi connectivity index (χ2n) is 6.09. The quantitative estimate of drug-likeness (QED) is 0.702. The summed E-state index contributed by atoms with van der Waals surface area (Å²) in [6.07, 6.45) is 2.90. The molecule has 1 aliphatic rings. The summed E-state index contributed by atoms with van der Waals surface area (Å²) in [5, 5.41) is 5.69. The molecule has 2 N–H and O–H groups in total. The molecule has 28 heavy (non-hydrogen) atoms. The number of ether oxygens (including phenoxy) is 2. The van der Waals surface area contributed by atoms with Crippen molar-refractivity contribution < 1.29 is 23.0 Å². The summed E-state index contributed by atoms with van der Waals surface area (Å²) in [7, 11) is 0. The van der Waals surface area contributed by atoms with Gasteiger partial charge in [-0.3, -0.25) is 9.78 Å². The Morgan fingerprint density at radius 1 is 0.964 bits per heavy atom. The molecule has 2 heterocycles. The van der Waals surface area contributed by atoms with Gasteiger partial charge in [-0.05, 0) is 35.9 Å². The van der Waals surface area contributed by atoms with Crippen molar-refractivity contribution in [1.29, 1.82) is 0 Å². The number of hydrogen-bond donors (Lipinski definition) is 2. The first-order chi connectivity index (χ1) is 13.6. The van der Waals surface area contributed by atoms with Gasteiger partial charge in [-0.15, -0.1) is 0 Å². The molecule has 142 valence electrons. The number of benzene rings is 2. The van der Waals surface area contributed by atoms with E-state index >= 15 is 0 Å². The Labute approximate surface area is 159 Å². The molecule has 2 aromatic carbocycles. The van der Waals surface area contributed by atoms with E-state index in [4.69, 9.17) is 9.47 Å². The lowest BCUT2D eigenvalue weighted by Gasteiger charge is -2.09. The number of rotatable bonds is 5. The number of hydrogen-bond acceptors (Lipinski definition) is 5. The lowest BCUT2D eigenvalue weighted by molar-refractivity contribution is 0.0950. The van der Waals surface area contributed by atoms with Gasteiger partial charge in [0.2, 0.25) is 6.79 Å². The van der Waals surface area contributed by atoms with Gasteiger partial charge in [-0.25, -0.2) is 8.78 Å². The van der Waals surface area contributed by atoms with Crippen molar-refractivity contribution in [3.63, 3.8) is 0 Å². The smallest absolute Gasteiger partial charge is 0.253 e. The van der Waals surface area contributed by atoms with Crippen LogP contribution in [0.15, 0.2) is 54.9 Å². The Kier molecular flexibility index (Phi) is 4.76. The Balaban J connectivity index is 1.41. The molecule has 3 aromatic rings. The van der Waals surface area contributed by atoms with Crippen LogP contribution in [0.3, 0.4) is 0 Å². The molecule has 0 bridgehead atoms. The number of carbonyl (C=O) groups is 1. The Morgan fingerprint density at radius 2 is 1.82 bits per heavy atom. The Bertz CT molecular complexity index is 1040. The Hall–Kier alpha value is -3.68. The van der Waals surface area contributed by atoms with Gasteiger partial charge in [0.25, 0.3) is 5.91 Å². The van der Waals surface area contributed by atoms with Crippen LogP contribution in [0.1, 0.15) is 15.9 Å². The predicted octanol–water partition coefficient (Wildman–Crippen LogP) is 3.76. The molecule has 1 aliphatic heterocycles. The van der Waals surface area contributed by atoms with Crippen LogP contribution in [0.25, 0.3) is 0 Å². The molecule has 4 rings (SSSR count). The second-order valence-corrected chi connectivity index (χ2v) is 6.09. The second kappa shape index (κ2) is 7.51. The molecule has 8 heteroatoms. The first-order valence-electron chi connectivity index (χ1n) is 8.42. The minimum Gasteiger partial charge on any atom is -0.454 e. The summed E-state index contributed by atoms with van der Waals surface area (Å²) < 4.78 is 36.9. The molecule has 0 unspecified atom stereocenters. The van der Waals surface area contributed by atoms with Gasteiger partial charge >= 0.3 is 0 Å². The lowest BCUT2D eigenvalue weighted by atomic mass is 10.2. The minimum atomic E-state index is -0.962. The number of amides is 1. The predicted molar refractivity (Wildman–Crippen MR) is 97.6 cm³/mol. The van der Waals surface area contributed by atoms with Gasteiger partial charge in [-0.1, -0.05) is 6.07 Å². The van der Waals surface area contributed by atoms with Gasteiger partial charge in [0.05, 0.1) is 17.4 Å². The fourth-order valence-electron chi connectivity index (χ4n) is 2.71. The average Bonchev–Trinajstić information content (AvgIpc) is 3.17. The average molecular weight is 383 g/mol. The maximum atomic E-state index is 13.3. The van der Waals surface area contributed by atoms with Gasteiger partial charge in [0, 0.05) is 24.5 Å². The molecular formula is C20H15F2N3O3. The molecular weight excluding hydrogens is 368 g/mol. The molecule has 0 spiro atoms. The zero-order valence-electron chi connectivity index (χ0n) is 14.5. The van der Waals surface area contributed by atoms with Crippen molar-refractivity contribution in [3.05, 3.63) is 77.6 Å². The summed E-state index contributed by atoms with van der Waals surface area (Å²) in [5.41, 5.74) is 2.01. The van der Waals surface area contributed by atoms with Crippen molar-refractivity contribution in [1.82, 2.24) is 10.3 Å². The summed E-state index contributed by atoms with van der Waals surface area (Å²) >= 11 is 0. The summed E-state index contributed by atoms with van der Waals surface area (Å²) in [4.78, 5) is 16.4. The number of pyridine rings is 1. The van der Waals surface area contributed by atoms with Crippen LogP contribution in [0.5, 0.6) is 11.5 Å². The van der Waals surface area contributed by atoms with Crippen molar-refractivity contribution in [2.75, 3.05) is 12.1 Å². The number of aromatic nitrogens is 1. The third-order valence-electron chi connectivity index (χ3n) is 4.10. The van der Waals surface area contributed by atoms with Gasteiger partial charge < -0.3 is 20.1 Å². The zero-order chi connectivity index (χ0) is 19.5.